The van der Waals surface area contributed by atoms with E-state index in [9.17, 15) is 9.59 Å². The van der Waals surface area contributed by atoms with Gasteiger partial charge in [-0.3, -0.25) is 14.2 Å². The van der Waals surface area contributed by atoms with Gasteiger partial charge < -0.3 is 5.32 Å². The summed E-state index contributed by atoms with van der Waals surface area (Å²) < 4.78 is 2.84. The Morgan fingerprint density at radius 1 is 1.14 bits per heavy atom. The van der Waals surface area contributed by atoms with Crippen LogP contribution in [0, 0.1) is 13.8 Å². The predicted molar refractivity (Wildman–Crippen MR) is 113 cm³/mol. The van der Waals surface area contributed by atoms with Gasteiger partial charge in [-0.25, -0.2) is 9.67 Å². The second kappa shape index (κ2) is 7.52. The molecule has 2 aromatic carbocycles. The van der Waals surface area contributed by atoms with Crippen LogP contribution in [0.4, 0.5) is 5.69 Å². The number of amides is 1. The molecular weight excluding hydrogens is 390 g/mol. The number of benzene rings is 2. The SMILES string of the molecule is Cc1ccc(NC(=O)Cn2cnc3c(cnn3-c3ccc(Cl)cc3)c2=O)c(C)c1. The molecule has 0 fully saturated rings. The van der Waals surface area contributed by atoms with Crippen LogP contribution in [0.2, 0.25) is 5.02 Å². The van der Waals surface area contributed by atoms with Gasteiger partial charge in [0.05, 0.1) is 11.9 Å². The summed E-state index contributed by atoms with van der Waals surface area (Å²) in [5, 5.41) is 8.04. The van der Waals surface area contributed by atoms with Gasteiger partial charge >= 0.3 is 0 Å². The first kappa shape index (κ1) is 18.9. The molecule has 8 heteroatoms. The van der Waals surface area contributed by atoms with Gasteiger partial charge in [0.2, 0.25) is 5.91 Å². The lowest BCUT2D eigenvalue weighted by Crippen LogP contribution is -2.28. The Hall–Kier alpha value is -3.45. The molecule has 0 atom stereocenters. The maximum absolute atomic E-state index is 12.8. The summed E-state index contributed by atoms with van der Waals surface area (Å²) in [5.74, 6) is -0.301. The van der Waals surface area contributed by atoms with Crippen molar-refractivity contribution < 1.29 is 4.79 Å². The van der Waals surface area contributed by atoms with Crippen LogP contribution < -0.4 is 10.9 Å². The van der Waals surface area contributed by atoms with Crippen LogP contribution in [-0.4, -0.2) is 25.2 Å². The highest BCUT2D eigenvalue weighted by Gasteiger charge is 2.14. The number of anilines is 1. The fraction of sp³-hybridized carbons (Fsp3) is 0.143. The summed E-state index contributed by atoms with van der Waals surface area (Å²) in [6.45, 7) is 3.78. The Bertz CT molecular complexity index is 1270. The Morgan fingerprint density at radius 2 is 1.90 bits per heavy atom. The van der Waals surface area contributed by atoms with Gasteiger partial charge in [-0.2, -0.15) is 5.10 Å². The molecule has 1 amide bonds. The molecule has 1 N–H and O–H groups in total. The van der Waals surface area contributed by atoms with Crippen LogP contribution in [0.25, 0.3) is 16.7 Å². The lowest BCUT2D eigenvalue weighted by atomic mass is 10.1. The highest BCUT2D eigenvalue weighted by atomic mass is 35.5. The van der Waals surface area contributed by atoms with Crippen molar-refractivity contribution in [1.29, 1.82) is 0 Å². The molecule has 0 spiro atoms. The zero-order chi connectivity index (χ0) is 20.5. The molecule has 0 aliphatic carbocycles. The molecule has 29 heavy (non-hydrogen) atoms. The van der Waals surface area contributed by atoms with Crippen molar-refractivity contribution in [3.05, 3.63) is 81.5 Å². The topological polar surface area (TPSA) is 81.8 Å². The molecule has 146 valence electrons. The van der Waals surface area contributed by atoms with E-state index in [0.29, 0.717) is 16.1 Å². The first-order valence-corrected chi connectivity index (χ1v) is 9.36. The zero-order valence-electron chi connectivity index (χ0n) is 15.9. The summed E-state index contributed by atoms with van der Waals surface area (Å²) in [5.41, 5.74) is 3.63. The van der Waals surface area contributed by atoms with E-state index in [1.165, 1.54) is 17.1 Å². The largest absolute Gasteiger partial charge is 0.324 e. The van der Waals surface area contributed by atoms with Crippen LogP contribution in [0.3, 0.4) is 0 Å². The van der Waals surface area contributed by atoms with E-state index in [1.807, 2.05) is 32.0 Å². The number of nitrogens with zero attached hydrogens (tertiary/aromatic N) is 4. The Morgan fingerprint density at radius 3 is 2.62 bits per heavy atom. The lowest BCUT2D eigenvalue weighted by molar-refractivity contribution is -0.116. The standard InChI is InChI=1S/C21H18ClN5O2/c1-13-3-8-18(14(2)9-13)25-19(28)11-26-12-23-20-17(21(26)29)10-24-27(20)16-6-4-15(22)5-7-16/h3-10,12H,11H2,1-2H3,(H,25,28). The van der Waals surface area contributed by atoms with Crippen molar-refractivity contribution in [2.75, 3.05) is 5.32 Å². The minimum absolute atomic E-state index is 0.138. The van der Waals surface area contributed by atoms with Gasteiger partial charge in [0, 0.05) is 10.7 Å². The summed E-state index contributed by atoms with van der Waals surface area (Å²) in [6.07, 6.45) is 2.82. The average molecular weight is 408 g/mol. The molecule has 0 saturated heterocycles. The maximum Gasteiger partial charge on any atom is 0.264 e. The highest BCUT2D eigenvalue weighted by Crippen LogP contribution is 2.17. The van der Waals surface area contributed by atoms with Crippen molar-refractivity contribution in [2.45, 2.75) is 20.4 Å². The van der Waals surface area contributed by atoms with E-state index < -0.39 is 0 Å². The molecule has 0 bridgehead atoms. The highest BCUT2D eigenvalue weighted by molar-refractivity contribution is 6.30. The molecule has 4 rings (SSSR count). The van der Waals surface area contributed by atoms with Crippen molar-refractivity contribution in [2.24, 2.45) is 0 Å². The summed E-state index contributed by atoms with van der Waals surface area (Å²) in [7, 11) is 0. The number of hydrogen-bond donors (Lipinski definition) is 1. The van der Waals surface area contributed by atoms with Crippen LogP contribution in [-0.2, 0) is 11.3 Å². The normalized spacial score (nSPS) is 11.0. The molecule has 0 aliphatic rings. The van der Waals surface area contributed by atoms with Gasteiger partial charge in [-0.1, -0.05) is 29.3 Å². The number of nitrogens with one attached hydrogen (secondary N) is 1. The third kappa shape index (κ3) is 3.77. The van der Waals surface area contributed by atoms with Gasteiger partial charge in [-0.15, -0.1) is 0 Å². The first-order chi connectivity index (χ1) is 13.9. The molecular formula is C21H18ClN5O2. The number of carbonyl (C=O) groups is 1. The van der Waals surface area contributed by atoms with E-state index >= 15 is 0 Å². The van der Waals surface area contributed by atoms with E-state index in [0.717, 1.165) is 22.5 Å². The fourth-order valence-corrected chi connectivity index (χ4v) is 3.26. The number of fused-ring (bicyclic) bond motifs is 1. The van der Waals surface area contributed by atoms with E-state index in [2.05, 4.69) is 15.4 Å². The third-order valence-electron chi connectivity index (χ3n) is 4.60. The van der Waals surface area contributed by atoms with Gasteiger partial charge in [0.15, 0.2) is 5.65 Å². The molecule has 0 radical (unpaired) electrons. The fourth-order valence-electron chi connectivity index (χ4n) is 3.13. The van der Waals surface area contributed by atoms with E-state index in [4.69, 9.17) is 11.6 Å². The van der Waals surface area contributed by atoms with Gasteiger partial charge in [0.25, 0.3) is 5.56 Å². The van der Waals surface area contributed by atoms with E-state index in [1.54, 1.807) is 28.9 Å². The smallest absolute Gasteiger partial charge is 0.264 e. The lowest BCUT2D eigenvalue weighted by Gasteiger charge is -2.10. The Balaban J connectivity index is 1.60. The number of hydrogen-bond acceptors (Lipinski definition) is 4. The van der Waals surface area contributed by atoms with Crippen molar-refractivity contribution in [3.63, 3.8) is 0 Å². The molecule has 4 aromatic rings. The van der Waals surface area contributed by atoms with Crippen molar-refractivity contribution >= 4 is 34.2 Å². The predicted octanol–water partition coefficient (Wildman–Crippen LogP) is 3.49. The van der Waals surface area contributed by atoms with Crippen LogP contribution >= 0.6 is 11.6 Å². The minimum atomic E-state index is -0.328. The second-order valence-corrected chi connectivity index (χ2v) is 7.25. The maximum atomic E-state index is 12.8. The molecule has 0 unspecified atom stereocenters. The zero-order valence-corrected chi connectivity index (χ0v) is 16.6. The Kier molecular flexibility index (Phi) is 4.90. The van der Waals surface area contributed by atoms with Crippen molar-refractivity contribution in [3.8, 4) is 5.69 Å². The molecule has 0 aliphatic heterocycles. The summed E-state index contributed by atoms with van der Waals surface area (Å²) >= 11 is 5.92. The number of halogens is 1. The molecule has 2 heterocycles. The number of carbonyl (C=O) groups excluding carboxylic acids is 1. The van der Waals surface area contributed by atoms with E-state index in [-0.39, 0.29) is 18.0 Å². The second-order valence-electron chi connectivity index (χ2n) is 6.81. The van der Waals surface area contributed by atoms with Crippen molar-refractivity contribution in [1.82, 2.24) is 19.3 Å². The number of aromatic nitrogens is 4. The first-order valence-electron chi connectivity index (χ1n) is 8.98. The van der Waals surface area contributed by atoms with Gasteiger partial charge in [-0.05, 0) is 49.7 Å². The molecule has 2 aromatic heterocycles. The van der Waals surface area contributed by atoms with Crippen LogP contribution in [0.5, 0.6) is 0 Å². The third-order valence-corrected chi connectivity index (χ3v) is 4.85. The molecule has 7 nitrogen and oxygen atoms in total. The molecule has 0 saturated carbocycles. The average Bonchev–Trinajstić information content (AvgIpc) is 3.12. The van der Waals surface area contributed by atoms with Crippen LogP contribution in [0.15, 0.2) is 59.8 Å². The Labute approximate surface area is 171 Å². The van der Waals surface area contributed by atoms with Gasteiger partial charge in [0.1, 0.15) is 18.3 Å². The van der Waals surface area contributed by atoms with Crippen LogP contribution in [0.1, 0.15) is 11.1 Å². The summed E-state index contributed by atoms with van der Waals surface area (Å²) in [4.78, 5) is 29.6. The number of aryl methyl sites for hydroxylation is 2. The summed E-state index contributed by atoms with van der Waals surface area (Å²) in [6, 6.07) is 12.8. The minimum Gasteiger partial charge on any atom is -0.324 e. The number of rotatable bonds is 4. The quantitative estimate of drug-likeness (QED) is 0.561. The monoisotopic (exact) mass is 407 g/mol.